The lowest BCUT2D eigenvalue weighted by molar-refractivity contribution is -0.160. The number of ether oxygens (including phenoxy) is 1. The van der Waals surface area contributed by atoms with Gasteiger partial charge in [-0.1, -0.05) is 54.6 Å². The molecule has 4 atom stereocenters. The maximum absolute atomic E-state index is 13.9. The molecular formula is C28H25N3O4. The van der Waals surface area contributed by atoms with Crippen LogP contribution in [0.2, 0.25) is 0 Å². The molecule has 4 aliphatic rings. The minimum atomic E-state index is -0.364. The summed E-state index contributed by atoms with van der Waals surface area (Å²) in [4.78, 5) is 34.7. The minimum Gasteiger partial charge on any atom is -0.445 e. The molecule has 0 N–H and O–H groups in total. The Hall–Kier alpha value is -3.89. The lowest BCUT2D eigenvalue weighted by Gasteiger charge is -2.55. The molecule has 3 heterocycles. The minimum absolute atomic E-state index is 0.0836. The van der Waals surface area contributed by atoms with Crippen LogP contribution in [0.1, 0.15) is 24.0 Å². The van der Waals surface area contributed by atoms with Crippen LogP contribution in [0.25, 0.3) is 10.8 Å². The number of hydroxylamine groups is 1. The lowest BCUT2D eigenvalue weighted by atomic mass is 9.64. The number of benzene rings is 3. The quantitative estimate of drug-likeness (QED) is 0.560. The molecule has 3 aromatic rings. The van der Waals surface area contributed by atoms with Gasteiger partial charge in [0.25, 0.3) is 5.91 Å². The molecule has 0 aromatic heterocycles. The number of hydrogen-bond acceptors (Lipinski definition) is 5. The van der Waals surface area contributed by atoms with Crippen molar-refractivity contribution in [2.75, 3.05) is 18.2 Å². The molecule has 7 heteroatoms. The zero-order chi connectivity index (χ0) is 23.9. The summed E-state index contributed by atoms with van der Waals surface area (Å²) in [6.45, 7) is 1.23. The van der Waals surface area contributed by atoms with E-state index in [1.54, 1.807) is 17.0 Å². The summed E-state index contributed by atoms with van der Waals surface area (Å²) < 4.78 is 5.63. The summed E-state index contributed by atoms with van der Waals surface area (Å²) in [5, 5.41) is 12.5. The van der Waals surface area contributed by atoms with Crippen LogP contribution in [-0.4, -0.2) is 36.1 Å². The van der Waals surface area contributed by atoms with E-state index in [0.29, 0.717) is 24.4 Å². The highest BCUT2D eigenvalue weighted by Crippen LogP contribution is 2.47. The van der Waals surface area contributed by atoms with Gasteiger partial charge in [0.05, 0.1) is 29.8 Å². The number of nitriles is 1. The zero-order valence-corrected chi connectivity index (χ0v) is 19.2. The highest BCUT2D eigenvalue weighted by atomic mass is 16.7. The first-order valence-corrected chi connectivity index (χ1v) is 12.0. The van der Waals surface area contributed by atoms with E-state index in [1.165, 1.54) is 5.06 Å². The second-order valence-electron chi connectivity index (χ2n) is 9.50. The molecule has 0 radical (unpaired) electrons. The predicted octanol–water partition coefficient (Wildman–Crippen LogP) is 4.65. The molecule has 176 valence electrons. The monoisotopic (exact) mass is 467 g/mol. The number of piperidine rings is 2. The topological polar surface area (TPSA) is 82.9 Å². The van der Waals surface area contributed by atoms with Crippen molar-refractivity contribution in [3.05, 3.63) is 77.9 Å². The van der Waals surface area contributed by atoms with E-state index in [9.17, 15) is 14.9 Å². The van der Waals surface area contributed by atoms with Crippen molar-refractivity contribution in [3.8, 4) is 6.07 Å². The third-order valence-corrected chi connectivity index (χ3v) is 7.71. The van der Waals surface area contributed by atoms with Crippen molar-refractivity contribution >= 4 is 28.5 Å². The largest absolute Gasteiger partial charge is 0.445 e. The van der Waals surface area contributed by atoms with E-state index in [1.807, 2.05) is 54.6 Å². The number of hydrogen-bond donors (Lipinski definition) is 0. The average molecular weight is 468 g/mol. The van der Waals surface area contributed by atoms with Gasteiger partial charge in [0.2, 0.25) is 0 Å². The first-order chi connectivity index (χ1) is 17.2. The van der Waals surface area contributed by atoms with Crippen molar-refractivity contribution < 1.29 is 19.2 Å². The van der Waals surface area contributed by atoms with Crippen LogP contribution in [-0.2, 0) is 21.0 Å². The molecule has 7 rings (SSSR count). The fraction of sp³-hybridized carbons (Fsp3) is 0.321. The number of carbonyl (C=O) groups is 2. The molecule has 3 saturated heterocycles. The smallest absolute Gasteiger partial charge is 0.410 e. The fourth-order valence-corrected chi connectivity index (χ4v) is 6.03. The average Bonchev–Trinajstić information content (AvgIpc) is 2.92. The Kier molecular flexibility index (Phi) is 5.39. The fourth-order valence-electron chi connectivity index (χ4n) is 6.03. The maximum Gasteiger partial charge on any atom is 0.410 e. The van der Waals surface area contributed by atoms with Crippen LogP contribution in [0.15, 0.2) is 66.7 Å². The van der Waals surface area contributed by atoms with Gasteiger partial charge in [-0.05, 0) is 36.5 Å². The SMILES string of the molecule is N#Cc1ccc(N2OC[C@H]3C4CCC([C@H]3C2=O)N(C(=O)OCc2ccccc2)C4)c2ccccc12. The van der Waals surface area contributed by atoms with Gasteiger partial charge in [0.1, 0.15) is 6.61 Å². The highest BCUT2D eigenvalue weighted by molar-refractivity contribution is 6.05. The third-order valence-electron chi connectivity index (χ3n) is 7.71. The standard InChI is InChI=1S/C28H25N3O4/c29-14-19-10-12-24(22-9-5-4-8-21(19)22)31-27(32)26-23(17-35-31)20-11-13-25(26)30(15-20)28(33)34-16-18-6-2-1-3-7-18/h1-10,12,20,23,25-26H,11,13,15-17H2/t20?,23-,25?,26-/m0/s1. The number of carbonyl (C=O) groups excluding carboxylic acids is 2. The van der Waals surface area contributed by atoms with Crippen LogP contribution in [0.5, 0.6) is 0 Å². The first kappa shape index (κ1) is 21.6. The van der Waals surface area contributed by atoms with Crippen LogP contribution in [0.3, 0.4) is 0 Å². The Morgan fingerprint density at radius 1 is 1.03 bits per heavy atom. The highest BCUT2D eigenvalue weighted by Gasteiger charge is 2.56. The molecule has 3 aromatic carbocycles. The van der Waals surface area contributed by atoms with E-state index >= 15 is 0 Å². The summed E-state index contributed by atoms with van der Waals surface area (Å²) >= 11 is 0. The van der Waals surface area contributed by atoms with Gasteiger partial charge in [-0.3, -0.25) is 9.63 Å². The molecular weight excluding hydrogens is 442 g/mol. The molecule has 3 aliphatic heterocycles. The summed E-state index contributed by atoms with van der Waals surface area (Å²) in [5.41, 5.74) is 2.11. The van der Waals surface area contributed by atoms with E-state index in [2.05, 4.69) is 6.07 Å². The predicted molar refractivity (Wildman–Crippen MR) is 129 cm³/mol. The van der Waals surface area contributed by atoms with Crippen LogP contribution in [0, 0.1) is 29.1 Å². The number of rotatable bonds is 3. The van der Waals surface area contributed by atoms with Crippen molar-refractivity contribution in [1.82, 2.24) is 4.90 Å². The van der Waals surface area contributed by atoms with E-state index < -0.39 is 0 Å². The van der Waals surface area contributed by atoms with Gasteiger partial charge in [-0.25, -0.2) is 4.79 Å². The van der Waals surface area contributed by atoms with Gasteiger partial charge in [0.15, 0.2) is 0 Å². The van der Waals surface area contributed by atoms with E-state index in [-0.39, 0.29) is 42.4 Å². The molecule has 35 heavy (non-hydrogen) atoms. The lowest BCUT2D eigenvalue weighted by Crippen LogP contribution is -2.66. The molecule has 1 aliphatic carbocycles. The summed E-state index contributed by atoms with van der Waals surface area (Å²) in [6, 6.07) is 22.6. The number of nitrogens with zero attached hydrogens (tertiary/aromatic N) is 3. The molecule has 2 amide bonds. The van der Waals surface area contributed by atoms with Gasteiger partial charge in [-0.2, -0.15) is 10.3 Å². The van der Waals surface area contributed by atoms with Crippen LogP contribution >= 0.6 is 0 Å². The van der Waals surface area contributed by atoms with Gasteiger partial charge < -0.3 is 9.64 Å². The molecule has 1 saturated carbocycles. The van der Waals surface area contributed by atoms with Gasteiger partial charge >= 0.3 is 6.09 Å². The molecule has 2 unspecified atom stereocenters. The Labute approximate surface area is 203 Å². The van der Waals surface area contributed by atoms with Crippen LogP contribution in [0.4, 0.5) is 10.5 Å². The molecule has 4 fully saturated rings. The van der Waals surface area contributed by atoms with Gasteiger partial charge in [0, 0.05) is 29.3 Å². The van der Waals surface area contributed by atoms with E-state index in [0.717, 1.165) is 29.2 Å². The first-order valence-electron chi connectivity index (χ1n) is 12.0. The van der Waals surface area contributed by atoms with E-state index in [4.69, 9.17) is 9.57 Å². The maximum atomic E-state index is 13.9. The number of amides is 2. The Balaban J connectivity index is 1.27. The summed E-state index contributed by atoms with van der Waals surface area (Å²) in [7, 11) is 0. The second-order valence-corrected chi connectivity index (χ2v) is 9.50. The molecule has 7 nitrogen and oxygen atoms in total. The second kappa shape index (κ2) is 8.71. The zero-order valence-electron chi connectivity index (χ0n) is 19.2. The van der Waals surface area contributed by atoms with Crippen molar-refractivity contribution in [2.24, 2.45) is 17.8 Å². The Morgan fingerprint density at radius 3 is 2.60 bits per heavy atom. The number of anilines is 1. The Bertz CT molecular complexity index is 1340. The Morgan fingerprint density at radius 2 is 1.80 bits per heavy atom. The number of fused-ring (bicyclic) bond motifs is 3. The molecule has 2 bridgehead atoms. The van der Waals surface area contributed by atoms with Crippen LogP contribution < -0.4 is 5.06 Å². The molecule has 0 spiro atoms. The van der Waals surface area contributed by atoms with Crippen molar-refractivity contribution in [3.63, 3.8) is 0 Å². The summed E-state index contributed by atoms with van der Waals surface area (Å²) in [6.07, 6.45) is 1.39. The van der Waals surface area contributed by atoms with Crippen molar-refractivity contribution in [2.45, 2.75) is 25.5 Å². The third kappa shape index (κ3) is 3.62. The normalized spacial score (nSPS) is 25.3. The van der Waals surface area contributed by atoms with Gasteiger partial charge in [-0.15, -0.1) is 0 Å². The summed E-state index contributed by atoms with van der Waals surface area (Å²) in [5.74, 6) is -0.181. The van der Waals surface area contributed by atoms with Crippen molar-refractivity contribution in [1.29, 1.82) is 5.26 Å².